The number of nitrogens with one attached hydrogen (secondary N) is 2. The molecular formula is C22H32N4O3S3. The maximum absolute atomic E-state index is 13.5. The number of thiol groups is 1. The third-order valence-corrected chi connectivity index (χ3v) is 6.89. The van der Waals surface area contributed by atoms with Crippen LogP contribution in [0.4, 0.5) is 9.93 Å². The van der Waals surface area contributed by atoms with Crippen molar-refractivity contribution in [1.29, 1.82) is 0 Å². The molecule has 0 radical (unpaired) electrons. The van der Waals surface area contributed by atoms with Crippen LogP contribution in [0.5, 0.6) is 0 Å². The van der Waals surface area contributed by atoms with Gasteiger partial charge in [-0.25, -0.2) is 9.78 Å². The van der Waals surface area contributed by atoms with Crippen molar-refractivity contribution in [2.75, 3.05) is 11.9 Å². The maximum atomic E-state index is 13.5. The van der Waals surface area contributed by atoms with Gasteiger partial charge in [0.1, 0.15) is 6.04 Å². The molecule has 0 fully saturated rings. The highest BCUT2D eigenvalue weighted by atomic mass is 32.1. The lowest BCUT2D eigenvalue weighted by molar-refractivity contribution is -0.134. The second-order valence-electron chi connectivity index (χ2n) is 7.94. The highest BCUT2D eigenvalue weighted by Crippen LogP contribution is 2.16. The van der Waals surface area contributed by atoms with E-state index in [4.69, 9.17) is 0 Å². The lowest BCUT2D eigenvalue weighted by Crippen LogP contribution is -2.53. The van der Waals surface area contributed by atoms with E-state index in [2.05, 4.69) is 35.2 Å². The smallest absolute Gasteiger partial charge is 0.330 e. The average Bonchev–Trinajstić information content (AvgIpc) is 3.45. The fraction of sp³-hybridized carbons (Fsp3) is 0.545. The number of thiophene rings is 1. The topological polar surface area (TPSA) is 91.4 Å². The number of nitrogens with zero attached hydrogens (tertiary/aromatic N) is 2. The van der Waals surface area contributed by atoms with Crippen LogP contribution in [-0.2, 0) is 16.0 Å². The van der Waals surface area contributed by atoms with E-state index < -0.39 is 23.2 Å². The molecule has 4 amide bonds. The van der Waals surface area contributed by atoms with Crippen LogP contribution in [0, 0.1) is 5.92 Å². The van der Waals surface area contributed by atoms with Crippen molar-refractivity contribution in [2.45, 2.75) is 64.2 Å². The number of amides is 4. The molecule has 0 saturated carbocycles. The van der Waals surface area contributed by atoms with Crippen molar-refractivity contribution in [3.05, 3.63) is 34.0 Å². The summed E-state index contributed by atoms with van der Waals surface area (Å²) in [4.78, 5) is 45.5. The third kappa shape index (κ3) is 8.55. The summed E-state index contributed by atoms with van der Waals surface area (Å²) >= 11 is 7.26. The fourth-order valence-electron chi connectivity index (χ4n) is 3.11. The van der Waals surface area contributed by atoms with E-state index in [9.17, 15) is 14.4 Å². The molecule has 7 nitrogen and oxygen atoms in total. The molecule has 0 aliphatic carbocycles. The Morgan fingerprint density at radius 2 is 2.00 bits per heavy atom. The summed E-state index contributed by atoms with van der Waals surface area (Å²) in [6.45, 7) is 6.22. The number of carbonyl (C=O) groups excluding carboxylic acids is 3. The zero-order valence-corrected chi connectivity index (χ0v) is 21.3. The van der Waals surface area contributed by atoms with E-state index in [1.54, 1.807) is 22.9 Å². The van der Waals surface area contributed by atoms with Gasteiger partial charge in [-0.05, 0) is 36.6 Å². The van der Waals surface area contributed by atoms with E-state index in [-0.39, 0.29) is 18.4 Å². The van der Waals surface area contributed by atoms with Crippen LogP contribution >= 0.6 is 35.3 Å². The minimum absolute atomic E-state index is 0.152. The Labute approximate surface area is 203 Å². The van der Waals surface area contributed by atoms with Gasteiger partial charge in [-0.15, -0.1) is 22.7 Å². The van der Waals surface area contributed by atoms with E-state index in [1.165, 1.54) is 16.2 Å². The highest BCUT2D eigenvalue weighted by molar-refractivity contribution is 7.81. The number of thiazole rings is 1. The molecule has 0 spiro atoms. The average molecular weight is 497 g/mol. The summed E-state index contributed by atoms with van der Waals surface area (Å²) < 4.78 is 0. The Balaban J connectivity index is 2.17. The van der Waals surface area contributed by atoms with E-state index in [1.807, 2.05) is 31.4 Å². The molecule has 0 aromatic carbocycles. The molecule has 0 aliphatic heterocycles. The predicted molar refractivity (Wildman–Crippen MR) is 135 cm³/mol. The lowest BCUT2D eigenvalue weighted by atomic mass is 10.0. The van der Waals surface area contributed by atoms with Gasteiger partial charge in [-0.1, -0.05) is 39.7 Å². The van der Waals surface area contributed by atoms with Crippen LogP contribution in [0.1, 0.15) is 51.3 Å². The van der Waals surface area contributed by atoms with Gasteiger partial charge in [0.15, 0.2) is 5.13 Å². The Hall–Kier alpha value is -1.91. The number of hydrogen-bond acceptors (Lipinski definition) is 7. The normalized spacial score (nSPS) is 12.9. The standard InChI is InChI=1S/C22H32N4O3S3/c1-4-5-8-18(30)19(27)24-17(14-15(2)3)20(28)26(11-9-16-7-6-12-31-16)22(29)25-21-23-10-13-32-21/h6-7,10,12-13,15,17-18,30H,4-5,8-9,11,14H2,1-3H3,(H,24,27)(H,23,25,29)/t17-,18?/m0/s1. The molecule has 2 N–H and O–H groups in total. The number of rotatable bonds is 12. The second-order valence-corrected chi connectivity index (χ2v) is 10.5. The van der Waals surface area contributed by atoms with Crippen molar-refractivity contribution in [3.63, 3.8) is 0 Å². The SMILES string of the molecule is CCCCC(S)C(=O)N[C@@H](CC(C)C)C(=O)N(CCc1cccs1)C(=O)Nc1nccs1. The minimum Gasteiger partial charge on any atom is -0.343 e. The minimum atomic E-state index is -0.802. The number of urea groups is 1. The first-order chi connectivity index (χ1) is 15.3. The zero-order valence-electron chi connectivity index (χ0n) is 18.7. The first-order valence-electron chi connectivity index (χ1n) is 10.8. The van der Waals surface area contributed by atoms with Crippen LogP contribution in [0.3, 0.4) is 0 Å². The highest BCUT2D eigenvalue weighted by Gasteiger charge is 2.32. The molecule has 10 heteroatoms. The van der Waals surface area contributed by atoms with Crippen molar-refractivity contribution < 1.29 is 14.4 Å². The summed E-state index contributed by atoms with van der Waals surface area (Å²) in [5.41, 5.74) is 0. The lowest BCUT2D eigenvalue weighted by Gasteiger charge is -2.28. The molecule has 32 heavy (non-hydrogen) atoms. The Morgan fingerprint density at radius 3 is 2.59 bits per heavy atom. The molecule has 2 atom stereocenters. The molecule has 1 unspecified atom stereocenters. The van der Waals surface area contributed by atoms with Gasteiger partial charge in [-0.2, -0.15) is 12.6 Å². The Bertz CT molecular complexity index is 841. The number of carbonyl (C=O) groups is 3. The molecular weight excluding hydrogens is 464 g/mol. The summed E-state index contributed by atoms with van der Waals surface area (Å²) in [6.07, 6.45) is 5.05. The van der Waals surface area contributed by atoms with Crippen LogP contribution in [0.2, 0.25) is 0 Å². The van der Waals surface area contributed by atoms with Crippen molar-refractivity contribution in [2.24, 2.45) is 5.92 Å². The summed E-state index contributed by atoms with van der Waals surface area (Å²) in [5, 5.41) is 9.19. The number of hydrogen-bond donors (Lipinski definition) is 3. The number of imide groups is 1. The molecule has 2 heterocycles. The number of aromatic nitrogens is 1. The molecule has 2 aromatic rings. The third-order valence-electron chi connectivity index (χ3n) is 4.77. The van der Waals surface area contributed by atoms with Gasteiger partial charge < -0.3 is 5.32 Å². The predicted octanol–water partition coefficient (Wildman–Crippen LogP) is 4.83. The van der Waals surface area contributed by atoms with Crippen molar-refractivity contribution in [1.82, 2.24) is 15.2 Å². The zero-order chi connectivity index (χ0) is 23.5. The number of anilines is 1. The van der Waals surface area contributed by atoms with E-state index >= 15 is 0 Å². The summed E-state index contributed by atoms with van der Waals surface area (Å²) in [6, 6.07) is 2.56. The maximum Gasteiger partial charge on any atom is 0.330 e. The summed E-state index contributed by atoms with van der Waals surface area (Å²) in [7, 11) is 0. The Kier molecular flexibility index (Phi) is 11.2. The molecule has 2 rings (SSSR count). The van der Waals surface area contributed by atoms with Crippen LogP contribution in [0.15, 0.2) is 29.1 Å². The molecule has 2 aromatic heterocycles. The van der Waals surface area contributed by atoms with Gasteiger partial charge in [0, 0.05) is 23.0 Å². The van der Waals surface area contributed by atoms with Gasteiger partial charge in [-0.3, -0.25) is 19.8 Å². The molecule has 0 aliphatic rings. The fourth-order valence-corrected chi connectivity index (χ4v) is 4.58. The van der Waals surface area contributed by atoms with Crippen molar-refractivity contribution in [3.8, 4) is 0 Å². The van der Waals surface area contributed by atoms with Crippen molar-refractivity contribution >= 4 is 58.3 Å². The van der Waals surface area contributed by atoms with Gasteiger partial charge >= 0.3 is 6.03 Å². The first-order valence-corrected chi connectivity index (χ1v) is 13.1. The first kappa shape index (κ1) is 26.3. The van der Waals surface area contributed by atoms with Crippen LogP contribution < -0.4 is 10.6 Å². The van der Waals surface area contributed by atoms with E-state index in [0.717, 1.165) is 17.7 Å². The van der Waals surface area contributed by atoms with E-state index in [0.29, 0.717) is 24.4 Å². The van der Waals surface area contributed by atoms with Gasteiger partial charge in [0.25, 0.3) is 5.91 Å². The van der Waals surface area contributed by atoms with Gasteiger partial charge in [0.2, 0.25) is 5.91 Å². The molecule has 0 bridgehead atoms. The quantitative estimate of drug-likeness (QED) is 0.367. The van der Waals surface area contributed by atoms with Crippen LogP contribution in [0.25, 0.3) is 0 Å². The Morgan fingerprint density at radius 1 is 1.22 bits per heavy atom. The number of unbranched alkanes of at least 4 members (excludes halogenated alkanes) is 1. The van der Waals surface area contributed by atoms with Crippen LogP contribution in [-0.4, -0.2) is 45.6 Å². The largest absolute Gasteiger partial charge is 0.343 e. The molecule has 0 saturated heterocycles. The molecule has 176 valence electrons. The van der Waals surface area contributed by atoms with Gasteiger partial charge in [0.05, 0.1) is 5.25 Å². The summed E-state index contributed by atoms with van der Waals surface area (Å²) in [5.74, 6) is -0.549. The second kappa shape index (κ2) is 13.6. The monoisotopic (exact) mass is 496 g/mol.